The largest absolute Gasteiger partial charge is 0.392 e. The molecule has 0 amide bonds. The van der Waals surface area contributed by atoms with Crippen LogP contribution >= 0.6 is 22.9 Å². The zero-order valence-electron chi connectivity index (χ0n) is 7.24. The van der Waals surface area contributed by atoms with Crippen molar-refractivity contribution in [3.05, 3.63) is 21.3 Å². The predicted octanol–water partition coefficient (Wildman–Crippen LogP) is 1.97. The molecule has 0 aromatic carbocycles. The van der Waals surface area contributed by atoms with Crippen molar-refractivity contribution in [1.82, 2.24) is 4.90 Å². The lowest BCUT2D eigenvalue weighted by Crippen LogP contribution is -2.20. The quantitative estimate of drug-likeness (QED) is 0.819. The number of rotatable bonds is 2. The minimum Gasteiger partial charge on any atom is -0.392 e. The van der Waals surface area contributed by atoms with Gasteiger partial charge in [-0.1, -0.05) is 11.6 Å². The molecule has 0 aliphatic carbocycles. The Kier molecular flexibility index (Phi) is 2.89. The number of likely N-dealkylation sites (tertiary alicyclic amines) is 1. The van der Waals surface area contributed by atoms with E-state index in [1.54, 1.807) is 11.3 Å². The molecule has 1 unspecified atom stereocenters. The van der Waals surface area contributed by atoms with Crippen molar-refractivity contribution in [2.24, 2.45) is 0 Å². The lowest BCUT2D eigenvalue weighted by Gasteiger charge is -2.12. The summed E-state index contributed by atoms with van der Waals surface area (Å²) in [4.78, 5) is 3.53. The first kappa shape index (κ1) is 9.46. The van der Waals surface area contributed by atoms with Gasteiger partial charge in [-0.2, -0.15) is 0 Å². The van der Waals surface area contributed by atoms with Gasteiger partial charge in [0.2, 0.25) is 0 Å². The van der Waals surface area contributed by atoms with E-state index < -0.39 is 0 Å². The predicted molar refractivity (Wildman–Crippen MR) is 55.2 cm³/mol. The van der Waals surface area contributed by atoms with Crippen LogP contribution in [0.5, 0.6) is 0 Å². The fraction of sp³-hybridized carbons (Fsp3) is 0.556. The van der Waals surface area contributed by atoms with Gasteiger partial charge in [-0.15, -0.1) is 11.3 Å². The Morgan fingerprint density at radius 1 is 1.62 bits per heavy atom. The van der Waals surface area contributed by atoms with Crippen molar-refractivity contribution < 1.29 is 5.11 Å². The first-order valence-corrected chi connectivity index (χ1v) is 5.58. The summed E-state index contributed by atoms with van der Waals surface area (Å²) in [6.07, 6.45) is 0.773. The molecule has 1 atom stereocenters. The van der Waals surface area contributed by atoms with Gasteiger partial charge in [0.05, 0.1) is 10.4 Å². The Bertz CT molecular complexity index is 289. The van der Waals surface area contributed by atoms with E-state index in [2.05, 4.69) is 11.0 Å². The maximum atomic E-state index is 9.32. The van der Waals surface area contributed by atoms with E-state index in [4.69, 9.17) is 11.6 Å². The van der Waals surface area contributed by atoms with Crippen LogP contribution in [0.25, 0.3) is 0 Å². The fourth-order valence-corrected chi connectivity index (χ4v) is 2.74. The van der Waals surface area contributed by atoms with Gasteiger partial charge in [0.25, 0.3) is 0 Å². The monoisotopic (exact) mass is 217 g/mol. The molecule has 1 saturated heterocycles. The molecule has 1 fully saturated rings. The average Bonchev–Trinajstić information content (AvgIpc) is 2.62. The molecule has 1 aromatic heterocycles. The number of aliphatic hydroxyl groups is 1. The zero-order valence-corrected chi connectivity index (χ0v) is 8.81. The lowest BCUT2D eigenvalue weighted by atomic mass is 10.3. The standard InChI is InChI=1S/C9H12ClNOS/c10-9-2-1-8(13-9)6-11-4-3-7(12)5-11/h1-2,7,12H,3-6H2. The number of β-amino-alcohol motifs (C(OH)–C–C–N with tert-alkyl or cyclic N) is 1. The van der Waals surface area contributed by atoms with Crippen LogP contribution in [-0.2, 0) is 6.54 Å². The van der Waals surface area contributed by atoms with Gasteiger partial charge in [0.1, 0.15) is 0 Å². The van der Waals surface area contributed by atoms with Crippen molar-refractivity contribution in [3.8, 4) is 0 Å². The van der Waals surface area contributed by atoms with Crippen LogP contribution in [-0.4, -0.2) is 29.2 Å². The number of hydrogen-bond donors (Lipinski definition) is 1. The molecule has 0 spiro atoms. The minimum atomic E-state index is -0.129. The Morgan fingerprint density at radius 2 is 2.46 bits per heavy atom. The summed E-state index contributed by atoms with van der Waals surface area (Å²) in [5.41, 5.74) is 0. The number of thiophene rings is 1. The molecule has 2 rings (SSSR count). The SMILES string of the molecule is OC1CCN(Cc2ccc(Cl)s2)C1. The van der Waals surface area contributed by atoms with Crippen LogP contribution < -0.4 is 0 Å². The third kappa shape index (κ3) is 2.44. The summed E-state index contributed by atoms with van der Waals surface area (Å²) in [7, 11) is 0. The highest BCUT2D eigenvalue weighted by Gasteiger charge is 2.20. The van der Waals surface area contributed by atoms with Gasteiger partial charge >= 0.3 is 0 Å². The van der Waals surface area contributed by atoms with Crippen LogP contribution in [0.4, 0.5) is 0 Å². The second-order valence-corrected chi connectivity index (χ2v) is 5.18. The highest BCUT2D eigenvalue weighted by Crippen LogP contribution is 2.23. The smallest absolute Gasteiger partial charge is 0.0931 e. The topological polar surface area (TPSA) is 23.5 Å². The maximum Gasteiger partial charge on any atom is 0.0931 e. The maximum absolute atomic E-state index is 9.32. The summed E-state index contributed by atoms with van der Waals surface area (Å²) in [6.45, 7) is 2.72. The molecule has 1 aromatic rings. The molecule has 2 heterocycles. The first-order chi connectivity index (χ1) is 6.24. The molecule has 1 aliphatic rings. The Hall–Kier alpha value is -0.0900. The van der Waals surface area contributed by atoms with Crippen LogP contribution in [0.3, 0.4) is 0 Å². The molecule has 0 radical (unpaired) electrons. The fourth-order valence-electron chi connectivity index (χ4n) is 1.61. The summed E-state index contributed by atoms with van der Waals surface area (Å²) in [5, 5.41) is 9.32. The first-order valence-electron chi connectivity index (χ1n) is 4.38. The van der Waals surface area contributed by atoms with Crippen molar-refractivity contribution >= 4 is 22.9 Å². The van der Waals surface area contributed by atoms with E-state index in [0.29, 0.717) is 0 Å². The third-order valence-electron chi connectivity index (χ3n) is 2.26. The molecular formula is C9H12ClNOS. The van der Waals surface area contributed by atoms with Crippen LogP contribution in [0.2, 0.25) is 4.34 Å². The molecule has 72 valence electrons. The Balaban J connectivity index is 1.91. The second kappa shape index (κ2) is 3.96. The summed E-state index contributed by atoms with van der Waals surface area (Å²) in [6, 6.07) is 3.98. The van der Waals surface area contributed by atoms with E-state index >= 15 is 0 Å². The zero-order chi connectivity index (χ0) is 9.26. The molecule has 13 heavy (non-hydrogen) atoms. The van der Waals surface area contributed by atoms with Gasteiger partial charge in [0, 0.05) is 24.5 Å². The normalized spacial score (nSPS) is 24.0. The molecule has 2 nitrogen and oxygen atoms in total. The van der Waals surface area contributed by atoms with Crippen molar-refractivity contribution in [2.75, 3.05) is 13.1 Å². The number of nitrogens with zero attached hydrogens (tertiary/aromatic N) is 1. The van der Waals surface area contributed by atoms with Crippen molar-refractivity contribution in [2.45, 2.75) is 19.1 Å². The molecule has 4 heteroatoms. The molecule has 1 aliphatic heterocycles. The van der Waals surface area contributed by atoms with Gasteiger partial charge in [-0.25, -0.2) is 0 Å². The molecule has 0 saturated carbocycles. The summed E-state index contributed by atoms with van der Waals surface area (Å²) in [5.74, 6) is 0. The molecular weight excluding hydrogens is 206 g/mol. The van der Waals surface area contributed by atoms with Gasteiger partial charge < -0.3 is 5.11 Å². The highest BCUT2D eigenvalue weighted by molar-refractivity contribution is 7.16. The minimum absolute atomic E-state index is 0.129. The number of hydrogen-bond acceptors (Lipinski definition) is 3. The van der Waals surface area contributed by atoms with Crippen LogP contribution in [0.1, 0.15) is 11.3 Å². The summed E-state index contributed by atoms with van der Waals surface area (Å²) >= 11 is 7.44. The van der Waals surface area contributed by atoms with E-state index in [-0.39, 0.29) is 6.10 Å². The Labute approximate surface area is 86.7 Å². The van der Waals surface area contributed by atoms with Gasteiger partial charge in [0.15, 0.2) is 0 Å². The lowest BCUT2D eigenvalue weighted by molar-refractivity contribution is 0.175. The van der Waals surface area contributed by atoms with E-state index in [9.17, 15) is 5.11 Å². The van der Waals surface area contributed by atoms with Crippen LogP contribution in [0.15, 0.2) is 12.1 Å². The number of halogens is 1. The molecule has 1 N–H and O–H groups in total. The van der Waals surface area contributed by atoms with Crippen molar-refractivity contribution in [3.63, 3.8) is 0 Å². The van der Waals surface area contributed by atoms with Gasteiger partial charge in [-0.05, 0) is 18.6 Å². The molecule has 0 bridgehead atoms. The Morgan fingerprint density at radius 3 is 3.00 bits per heavy atom. The highest BCUT2D eigenvalue weighted by atomic mass is 35.5. The third-order valence-corrected chi connectivity index (χ3v) is 3.47. The van der Waals surface area contributed by atoms with Crippen LogP contribution in [0, 0.1) is 0 Å². The van der Waals surface area contributed by atoms with Crippen molar-refractivity contribution in [1.29, 1.82) is 0 Å². The second-order valence-electron chi connectivity index (χ2n) is 3.38. The van der Waals surface area contributed by atoms with E-state index in [1.165, 1.54) is 4.88 Å². The van der Waals surface area contributed by atoms with E-state index in [1.807, 2.05) is 6.07 Å². The average molecular weight is 218 g/mol. The number of aliphatic hydroxyl groups excluding tert-OH is 1. The summed E-state index contributed by atoms with van der Waals surface area (Å²) < 4.78 is 0.842. The van der Waals surface area contributed by atoms with E-state index in [0.717, 1.165) is 30.4 Å². The van der Waals surface area contributed by atoms with Gasteiger partial charge in [-0.3, -0.25) is 4.90 Å².